The molecule has 0 saturated carbocycles. The van der Waals surface area contributed by atoms with E-state index in [2.05, 4.69) is 20.8 Å². The van der Waals surface area contributed by atoms with Crippen molar-refractivity contribution in [3.8, 4) is 5.75 Å². The van der Waals surface area contributed by atoms with E-state index in [9.17, 15) is 4.39 Å². The molecule has 0 saturated heterocycles. The first-order chi connectivity index (χ1) is 7.53. The van der Waals surface area contributed by atoms with Crippen LogP contribution < -0.4 is 4.74 Å². The van der Waals surface area contributed by atoms with E-state index in [-0.39, 0.29) is 11.2 Å². The fourth-order valence-corrected chi connectivity index (χ4v) is 2.06. The minimum Gasteiger partial charge on any atom is -0.493 e. The maximum absolute atomic E-state index is 14.2. The number of hydrogen-bond acceptors (Lipinski definition) is 1. The lowest BCUT2D eigenvalue weighted by atomic mass is 9.83. The molecule has 2 rings (SSSR count). The smallest absolute Gasteiger partial charge is 0.133 e. The van der Waals surface area contributed by atoms with Crippen molar-refractivity contribution in [2.75, 3.05) is 6.61 Å². The Bertz CT molecular complexity index is 396. The van der Waals surface area contributed by atoms with E-state index in [1.807, 2.05) is 12.1 Å². The van der Waals surface area contributed by atoms with Crippen LogP contribution in [0.5, 0.6) is 5.75 Å². The zero-order valence-corrected chi connectivity index (χ0v) is 10.3. The first-order valence-electron chi connectivity index (χ1n) is 5.96. The van der Waals surface area contributed by atoms with Gasteiger partial charge in [0.05, 0.1) is 6.61 Å². The lowest BCUT2D eigenvalue weighted by Gasteiger charge is -2.23. The van der Waals surface area contributed by atoms with Crippen molar-refractivity contribution in [1.29, 1.82) is 0 Å². The molecule has 1 aromatic carbocycles. The summed E-state index contributed by atoms with van der Waals surface area (Å²) < 4.78 is 19.5. The van der Waals surface area contributed by atoms with Crippen LogP contribution in [0.15, 0.2) is 12.1 Å². The summed E-state index contributed by atoms with van der Waals surface area (Å²) >= 11 is 0. The van der Waals surface area contributed by atoms with Crippen molar-refractivity contribution in [2.45, 2.75) is 40.0 Å². The van der Waals surface area contributed by atoms with Crippen LogP contribution in [0.3, 0.4) is 0 Å². The van der Waals surface area contributed by atoms with Gasteiger partial charge in [-0.25, -0.2) is 4.39 Å². The summed E-state index contributed by atoms with van der Waals surface area (Å²) in [6, 6.07) is 3.78. The van der Waals surface area contributed by atoms with Crippen LogP contribution in [0.1, 0.15) is 38.3 Å². The van der Waals surface area contributed by atoms with Gasteiger partial charge >= 0.3 is 0 Å². The predicted molar refractivity (Wildman–Crippen MR) is 63.4 cm³/mol. The third kappa shape index (κ3) is 2.06. The van der Waals surface area contributed by atoms with Crippen molar-refractivity contribution >= 4 is 0 Å². The Labute approximate surface area is 96.6 Å². The van der Waals surface area contributed by atoms with Gasteiger partial charge in [0, 0.05) is 12.0 Å². The Kier molecular flexibility index (Phi) is 2.92. The maximum Gasteiger partial charge on any atom is 0.133 e. The highest BCUT2D eigenvalue weighted by Gasteiger charge is 2.23. The monoisotopic (exact) mass is 222 g/mol. The topological polar surface area (TPSA) is 9.23 Å². The van der Waals surface area contributed by atoms with E-state index in [4.69, 9.17) is 4.74 Å². The number of benzene rings is 1. The summed E-state index contributed by atoms with van der Waals surface area (Å²) in [6.07, 6.45) is 2.56. The Hall–Kier alpha value is -1.05. The van der Waals surface area contributed by atoms with E-state index in [0.717, 1.165) is 29.7 Å². The number of halogens is 1. The first kappa shape index (κ1) is 11.4. The van der Waals surface area contributed by atoms with E-state index in [0.29, 0.717) is 13.0 Å². The van der Waals surface area contributed by atoms with Gasteiger partial charge in [-0.05, 0) is 23.5 Å². The molecule has 0 radical (unpaired) electrons. The average Bonchev–Trinajstić information content (AvgIpc) is 2.71. The van der Waals surface area contributed by atoms with Crippen LogP contribution in [0.25, 0.3) is 0 Å². The molecule has 16 heavy (non-hydrogen) atoms. The summed E-state index contributed by atoms with van der Waals surface area (Å²) in [6.45, 7) is 7.12. The second kappa shape index (κ2) is 4.08. The van der Waals surface area contributed by atoms with Crippen LogP contribution in [-0.4, -0.2) is 6.61 Å². The van der Waals surface area contributed by atoms with Gasteiger partial charge < -0.3 is 4.74 Å². The Morgan fingerprint density at radius 2 is 2.12 bits per heavy atom. The SMILES string of the molecule is CCC(C)(C)Cc1ccc2c(c1F)CCO2. The normalized spacial score (nSPS) is 14.8. The maximum atomic E-state index is 14.2. The van der Waals surface area contributed by atoms with E-state index in [1.165, 1.54) is 0 Å². The predicted octanol–water partition coefficient (Wildman–Crippen LogP) is 3.74. The van der Waals surface area contributed by atoms with E-state index < -0.39 is 0 Å². The number of rotatable bonds is 3. The van der Waals surface area contributed by atoms with Gasteiger partial charge in [-0.1, -0.05) is 33.3 Å². The van der Waals surface area contributed by atoms with Gasteiger partial charge in [0.2, 0.25) is 0 Å². The zero-order chi connectivity index (χ0) is 11.8. The van der Waals surface area contributed by atoms with Gasteiger partial charge in [0.1, 0.15) is 11.6 Å². The highest BCUT2D eigenvalue weighted by molar-refractivity contribution is 5.41. The standard InChI is InChI=1S/C14H19FO/c1-4-14(2,3)9-10-5-6-12-11(13(10)15)7-8-16-12/h5-6H,4,7-9H2,1-3H3. The number of hydrogen-bond donors (Lipinski definition) is 0. The van der Waals surface area contributed by atoms with Gasteiger partial charge in [-0.3, -0.25) is 0 Å². The molecule has 1 heterocycles. The number of ether oxygens (including phenoxy) is 1. The fraction of sp³-hybridized carbons (Fsp3) is 0.571. The summed E-state index contributed by atoms with van der Waals surface area (Å²) in [4.78, 5) is 0. The van der Waals surface area contributed by atoms with Gasteiger partial charge in [-0.2, -0.15) is 0 Å². The van der Waals surface area contributed by atoms with Crippen molar-refractivity contribution in [1.82, 2.24) is 0 Å². The van der Waals surface area contributed by atoms with Gasteiger partial charge in [0.15, 0.2) is 0 Å². The summed E-state index contributed by atoms with van der Waals surface area (Å²) in [7, 11) is 0. The molecule has 1 nitrogen and oxygen atoms in total. The Morgan fingerprint density at radius 1 is 1.38 bits per heavy atom. The molecule has 0 amide bonds. The summed E-state index contributed by atoms with van der Waals surface area (Å²) in [5.41, 5.74) is 1.76. The molecule has 0 atom stereocenters. The van der Waals surface area contributed by atoms with Crippen molar-refractivity contribution in [3.05, 3.63) is 29.1 Å². The number of fused-ring (bicyclic) bond motifs is 1. The van der Waals surface area contributed by atoms with Crippen molar-refractivity contribution in [3.63, 3.8) is 0 Å². The molecular formula is C14H19FO. The second-order valence-electron chi connectivity index (χ2n) is 5.31. The van der Waals surface area contributed by atoms with Crippen LogP contribution in [0, 0.1) is 11.2 Å². The van der Waals surface area contributed by atoms with E-state index in [1.54, 1.807) is 0 Å². The molecule has 1 aliphatic rings. The van der Waals surface area contributed by atoms with Crippen molar-refractivity contribution < 1.29 is 9.13 Å². The average molecular weight is 222 g/mol. The van der Waals surface area contributed by atoms with Crippen LogP contribution in [0.4, 0.5) is 4.39 Å². The third-order valence-corrected chi connectivity index (χ3v) is 3.52. The highest BCUT2D eigenvalue weighted by atomic mass is 19.1. The third-order valence-electron chi connectivity index (χ3n) is 3.52. The van der Waals surface area contributed by atoms with Crippen LogP contribution in [0.2, 0.25) is 0 Å². The van der Waals surface area contributed by atoms with E-state index >= 15 is 0 Å². The molecule has 1 aromatic rings. The molecular weight excluding hydrogens is 203 g/mol. The molecule has 2 heteroatoms. The largest absolute Gasteiger partial charge is 0.493 e. The second-order valence-corrected chi connectivity index (χ2v) is 5.31. The molecule has 0 spiro atoms. The van der Waals surface area contributed by atoms with Crippen molar-refractivity contribution in [2.24, 2.45) is 5.41 Å². The molecule has 0 unspecified atom stereocenters. The molecule has 0 aromatic heterocycles. The minimum atomic E-state index is -0.0449. The quantitative estimate of drug-likeness (QED) is 0.757. The lowest BCUT2D eigenvalue weighted by Crippen LogP contribution is -2.14. The molecule has 1 aliphatic heterocycles. The Balaban J connectivity index is 2.30. The van der Waals surface area contributed by atoms with Gasteiger partial charge in [0.25, 0.3) is 0 Å². The molecule has 0 bridgehead atoms. The van der Waals surface area contributed by atoms with Gasteiger partial charge in [-0.15, -0.1) is 0 Å². The summed E-state index contributed by atoms with van der Waals surface area (Å²) in [5.74, 6) is 0.687. The highest BCUT2D eigenvalue weighted by Crippen LogP contribution is 2.33. The molecule has 0 N–H and O–H groups in total. The lowest BCUT2D eigenvalue weighted by molar-refractivity contribution is 0.342. The summed E-state index contributed by atoms with van der Waals surface area (Å²) in [5, 5.41) is 0. The first-order valence-corrected chi connectivity index (χ1v) is 5.96. The Morgan fingerprint density at radius 3 is 2.81 bits per heavy atom. The molecule has 88 valence electrons. The van der Waals surface area contributed by atoms with Crippen LogP contribution >= 0.6 is 0 Å². The minimum absolute atomic E-state index is 0.0449. The fourth-order valence-electron chi connectivity index (χ4n) is 2.06. The molecule has 0 fully saturated rings. The molecule has 0 aliphatic carbocycles. The van der Waals surface area contributed by atoms with Crippen LogP contribution in [-0.2, 0) is 12.8 Å². The zero-order valence-electron chi connectivity index (χ0n) is 10.3.